The predicted octanol–water partition coefficient (Wildman–Crippen LogP) is 2.99. The van der Waals surface area contributed by atoms with E-state index < -0.39 is 17.6 Å². The molecule has 1 N–H and O–H groups in total. The molecule has 0 spiro atoms. The molecule has 124 valence electrons. The molecular weight excluding hydrogens is 321 g/mol. The van der Waals surface area contributed by atoms with Gasteiger partial charge in [0.1, 0.15) is 5.69 Å². The van der Waals surface area contributed by atoms with Gasteiger partial charge in [-0.15, -0.1) is 0 Å². The molecule has 0 atom stereocenters. The van der Waals surface area contributed by atoms with E-state index in [0.29, 0.717) is 22.6 Å². The fourth-order valence-corrected chi connectivity index (χ4v) is 2.42. The second-order valence-electron chi connectivity index (χ2n) is 5.23. The van der Waals surface area contributed by atoms with Gasteiger partial charge in [0.2, 0.25) is 0 Å². The minimum atomic E-state index is -4.41. The Balaban J connectivity index is 1.80. The van der Waals surface area contributed by atoms with E-state index in [4.69, 9.17) is 0 Å². The van der Waals surface area contributed by atoms with Crippen LogP contribution in [0.15, 0.2) is 42.9 Å². The van der Waals surface area contributed by atoms with Crippen LogP contribution in [0.2, 0.25) is 0 Å². The molecule has 5 nitrogen and oxygen atoms in total. The average molecular weight is 334 g/mol. The van der Waals surface area contributed by atoms with Crippen molar-refractivity contribution in [2.45, 2.75) is 19.6 Å². The van der Waals surface area contributed by atoms with E-state index in [0.717, 1.165) is 12.1 Å². The Hall–Kier alpha value is -2.90. The highest BCUT2D eigenvalue weighted by atomic mass is 19.4. The van der Waals surface area contributed by atoms with Gasteiger partial charge in [0.25, 0.3) is 5.91 Å². The summed E-state index contributed by atoms with van der Waals surface area (Å²) in [5.74, 6) is -0.413. The minimum absolute atomic E-state index is 0.0134. The van der Waals surface area contributed by atoms with Gasteiger partial charge in [-0.05, 0) is 24.6 Å². The summed E-state index contributed by atoms with van der Waals surface area (Å²) in [7, 11) is 0. The van der Waals surface area contributed by atoms with Crippen LogP contribution in [0.3, 0.4) is 0 Å². The number of nitrogens with one attached hydrogen (secondary N) is 1. The van der Waals surface area contributed by atoms with Crippen molar-refractivity contribution in [3.05, 3.63) is 65.4 Å². The molecule has 0 aliphatic heterocycles. The maximum Gasteiger partial charge on any atom is 0.416 e. The molecule has 0 saturated carbocycles. The average Bonchev–Trinajstić information content (AvgIpc) is 2.88. The molecular formula is C16H13F3N4O. The third kappa shape index (κ3) is 3.08. The number of aromatic nitrogens is 3. The van der Waals surface area contributed by atoms with E-state index in [-0.39, 0.29) is 6.54 Å². The van der Waals surface area contributed by atoms with Gasteiger partial charge >= 0.3 is 6.18 Å². The normalized spacial score (nSPS) is 11.7. The van der Waals surface area contributed by atoms with E-state index in [1.165, 1.54) is 24.5 Å². The molecule has 8 heteroatoms. The topological polar surface area (TPSA) is 59.3 Å². The van der Waals surface area contributed by atoms with Crippen LogP contribution in [-0.4, -0.2) is 20.3 Å². The Bertz CT molecular complexity index is 902. The van der Waals surface area contributed by atoms with Crippen molar-refractivity contribution in [3.8, 4) is 0 Å². The number of halogens is 3. The Morgan fingerprint density at radius 3 is 2.88 bits per heavy atom. The number of carbonyl (C=O) groups excluding carboxylic acids is 1. The van der Waals surface area contributed by atoms with Gasteiger partial charge in [0.05, 0.1) is 17.5 Å². The quantitative estimate of drug-likeness (QED) is 0.801. The van der Waals surface area contributed by atoms with Gasteiger partial charge in [-0.2, -0.15) is 13.2 Å². The molecule has 0 fully saturated rings. The molecule has 2 heterocycles. The number of fused-ring (bicyclic) bond motifs is 1. The number of amides is 1. The summed E-state index contributed by atoms with van der Waals surface area (Å²) in [5, 5.41) is 2.63. The van der Waals surface area contributed by atoms with Crippen molar-refractivity contribution < 1.29 is 18.0 Å². The van der Waals surface area contributed by atoms with Crippen molar-refractivity contribution in [3.63, 3.8) is 0 Å². The van der Waals surface area contributed by atoms with Crippen molar-refractivity contribution >= 4 is 11.6 Å². The predicted molar refractivity (Wildman–Crippen MR) is 80.3 cm³/mol. The standard InChI is InChI=1S/C16H13F3N4O/c1-10-14(23-6-5-20-9-13(23)22-10)15(24)21-8-11-3-2-4-12(7-11)16(17,18)19/h2-7,9H,8H2,1H3,(H,21,24). The highest BCUT2D eigenvalue weighted by molar-refractivity contribution is 5.94. The molecule has 24 heavy (non-hydrogen) atoms. The number of aryl methyl sites for hydroxylation is 1. The maximum absolute atomic E-state index is 12.7. The van der Waals surface area contributed by atoms with E-state index in [2.05, 4.69) is 15.3 Å². The summed E-state index contributed by atoms with van der Waals surface area (Å²) in [6, 6.07) is 4.86. The number of rotatable bonds is 3. The second kappa shape index (κ2) is 5.95. The van der Waals surface area contributed by atoms with Crippen LogP contribution in [0.1, 0.15) is 27.3 Å². The smallest absolute Gasteiger partial charge is 0.347 e. The van der Waals surface area contributed by atoms with Gasteiger partial charge in [0, 0.05) is 18.9 Å². The van der Waals surface area contributed by atoms with Crippen LogP contribution in [0.25, 0.3) is 5.65 Å². The third-order valence-electron chi connectivity index (χ3n) is 3.53. The van der Waals surface area contributed by atoms with E-state index in [1.807, 2.05) is 0 Å². The third-order valence-corrected chi connectivity index (χ3v) is 3.53. The van der Waals surface area contributed by atoms with Crippen LogP contribution >= 0.6 is 0 Å². The monoisotopic (exact) mass is 334 g/mol. The lowest BCUT2D eigenvalue weighted by Gasteiger charge is -2.10. The number of nitrogens with zero attached hydrogens (tertiary/aromatic N) is 3. The van der Waals surface area contributed by atoms with Crippen LogP contribution in [-0.2, 0) is 12.7 Å². The van der Waals surface area contributed by atoms with Crippen molar-refractivity contribution in [2.75, 3.05) is 0 Å². The first-order valence-corrected chi connectivity index (χ1v) is 7.09. The van der Waals surface area contributed by atoms with Gasteiger partial charge < -0.3 is 5.32 Å². The molecule has 1 aromatic carbocycles. The Kier molecular flexibility index (Phi) is 3.96. The molecule has 0 aliphatic carbocycles. The highest BCUT2D eigenvalue weighted by Crippen LogP contribution is 2.29. The highest BCUT2D eigenvalue weighted by Gasteiger charge is 2.30. The fraction of sp³-hybridized carbons (Fsp3) is 0.188. The summed E-state index contributed by atoms with van der Waals surface area (Å²) < 4.78 is 39.7. The molecule has 3 aromatic rings. The first-order valence-electron chi connectivity index (χ1n) is 7.09. The number of alkyl halides is 3. The zero-order chi connectivity index (χ0) is 17.3. The van der Waals surface area contributed by atoms with Crippen molar-refractivity contribution in [2.24, 2.45) is 0 Å². The summed E-state index contributed by atoms with van der Waals surface area (Å²) in [5.41, 5.74) is 1.00. The molecule has 0 unspecified atom stereocenters. The van der Waals surface area contributed by atoms with E-state index >= 15 is 0 Å². The lowest BCUT2D eigenvalue weighted by atomic mass is 10.1. The number of benzene rings is 1. The van der Waals surface area contributed by atoms with E-state index in [9.17, 15) is 18.0 Å². The zero-order valence-electron chi connectivity index (χ0n) is 12.6. The summed E-state index contributed by atoms with van der Waals surface area (Å²) in [6.45, 7) is 1.67. The van der Waals surface area contributed by atoms with Crippen LogP contribution in [0.5, 0.6) is 0 Å². The van der Waals surface area contributed by atoms with Gasteiger partial charge in [-0.25, -0.2) is 4.98 Å². The van der Waals surface area contributed by atoms with Crippen LogP contribution in [0.4, 0.5) is 13.2 Å². The molecule has 2 aromatic heterocycles. The van der Waals surface area contributed by atoms with Crippen molar-refractivity contribution in [1.29, 1.82) is 0 Å². The van der Waals surface area contributed by atoms with Crippen LogP contribution in [0, 0.1) is 6.92 Å². The molecule has 3 rings (SSSR count). The number of carbonyl (C=O) groups is 1. The Morgan fingerprint density at radius 1 is 1.33 bits per heavy atom. The SMILES string of the molecule is Cc1nc2cnccn2c1C(=O)NCc1cccc(C(F)(F)F)c1. The molecule has 0 bridgehead atoms. The molecule has 0 aliphatic rings. The Morgan fingerprint density at radius 2 is 2.12 bits per heavy atom. The zero-order valence-corrected chi connectivity index (χ0v) is 12.6. The maximum atomic E-state index is 12.7. The summed E-state index contributed by atoms with van der Waals surface area (Å²) >= 11 is 0. The Labute approximate surface area is 135 Å². The second-order valence-corrected chi connectivity index (χ2v) is 5.23. The molecule has 0 saturated heterocycles. The summed E-state index contributed by atoms with van der Waals surface area (Å²) in [4.78, 5) is 20.5. The molecule has 1 amide bonds. The largest absolute Gasteiger partial charge is 0.416 e. The fourth-order valence-electron chi connectivity index (χ4n) is 2.42. The first kappa shape index (κ1) is 16.0. The van der Waals surface area contributed by atoms with Gasteiger partial charge in [0.15, 0.2) is 5.65 Å². The summed E-state index contributed by atoms with van der Waals surface area (Å²) in [6.07, 6.45) is 0.244. The first-order chi connectivity index (χ1) is 11.4. The lowest BCUT2D eigenvalue weighted by molar-refractivity contribution is -0.137. The number of hydrogen-bond donors (Lipinski definition) is 1. The minimum Gasteiger partial charge on any atom is -0.347 e. The van der Waals surface area contributed by atoms with Crippen molar-refractivity contribution in [1.82, 2.24) is 19.7 Å². The number of hydrogen-bond acceptors (Lipinski definition) is 3. The molecule has 0 radical (unpaired) electrons. The van der Waals surface area contributed by atoms with Gasteiger partial charge in [-0.1, -0.05) is 12.1 Å². The number of imidazole rings is 1. The van der Waals surface area contributed by atoms with Crippen LogP contribution < -0.4 is 5.32 Å². The lowest BCUT2D eigenvalue weighted by Crippen LogP contribution is -2.25. The van der Waals surface area contributed by atoms with Gasteiger partial charge in [-0.3, -0.25) is 14.2 Å². The van der Waals surface area contributed by atoms with E-state index in [1.54, 1.807) is 17.5 Å².